The van der Waals surface area contributed by atoms with Crippen LogP contribution in [0.5, 0.6) is 5.75 Å². The number of hydrogen-bond acceptors (Lipinski definition) is 23. The molecule has 3 saturated heterocycles. The van der Waals surface area contributed by atoms with E-state index in [1.165, 1.54) is 36.4 Å². The minimum absolute atomic E-state index is 0.0211. The standard InChI is InChI=1S/C16H20F3NO7S.C16H20F3NO6S2.C16H20F3NO6S/c17-16(18,19)27-13-3-1-12(2-4-13)9-15(21)26-14(11-28(22,23)24)10-20-5-7-25-8-6-20;17-16(18,19)27-14-3-1-12(2-4-14)9-15(21)26-13(11-28(22,23)24)10-20-5-7-25-8-6-20;17-16(18,19)13-3-1-12(2-4-13)9-15(21)26-14(11-27(22,23)24)10-20-5-7-25-8-6-20/h1-4,14H,5-11H2,(H,22,23,24);1-4,13H,5-11H2,(H,22,23,24);1-4,14H,5-11H2,(H,22,23,24)/p-3. The van der Waals surface area contributed by atoms with Crippen LogP contribution in [0.3, 0.4) is 0 Å². The Morgan fingerprint density at radius 1 is 0.482 bits per heavy atom. The second kappa shape index (κ2) is 32.5. The van der Waals surface area contributed by atoms with Crippen LogP contribution in [0.1, 0.15) is 22.3 Å². The van der Waals surface area contributed by atoms with Gasteiger partial charge >= 0.3 is 36.0 Å². The average Bonchev–Trinajstić information content (AvgIpc) is 3.51. The van der Waals surface area contributed by atoms with Crippen LogP contribution in [0.25, 0.3) is 0 Å². The summed E-state index contributed by atoms with van der Waals surface area (Å²) in [5.41, 5.74) is -4.22. The quantitative estimate of drug-likeness (QED) is 0.0431. The molecule has 3 unspecified atom stereocenters. The number of halogens is 9. The topological polar surface area (TPSA) is 297 Å². The summed E-state index contributed by atoms with van der Waals surface area (Å²) >= 11 is -0.269. The van der Waals surface area contributed by atoms with Crippen molar-refractivity contribution in [3.05, 3.63) is 95.1 Å². The predicted molar refractivity (Wildman–Crippen MR) is 269 cm³/mol. The number of carbonyl (C=O) groups excluding carboxylic acids is 3. The lowest BCUT2D eigenvalue weighted by molar-refractivity contribution is -0.274. The smallest absolute Gasteiger partial charge is 0.573 e. The molecule has 83 heavy (non-hydrogen) atoms. The Morgan fingerprint density at radius 3 is 1.04 bits per heavy atom. The molecule has 3 aliphatic rings. The predicted octanol–water partition coefficient (Wildman–Crippen LogP) is 3.58. The number of benzene rings is 3. The van der Waals surface area contributed by atoms with Crippen LogP contribution >= 0.6 is 11.8 Å². The minimum Gasteiger partial charge on any atom is -0.748 e. The molecular weight excluding hydrogens is 1220 g/mol. The normalized spacial score (nSPS) is 17.3. The van der Waals surface area contributed by atoms with Gasteiger partial charge in [0, 0.05) is 63.8 Å². The van der Waals surface area contributed by atoms with Crippen LogP contribution in [0, 0.1) is 0 Å². The van der Waals surface area contributed by atoms with E-state index in [9.17, 15) is 92.8 Å². The number of morpholine rings is 3. The Labute approximate surface area is 476 Å². The minimum atomic E-state index is -4.82. The van der Waals surface area contributed by atoms with Gasteiger partial charge in [-0.15, -0.1) is 13.2 Å². The third-order valence-corrected chi connectivity index (χ3v) is 14.5. The van der Waals surface area contributed by atoms with E-state index in [4.69, 9.17) is 28.4 Å². The Kier molecular flexibility index (Phi) is 27.7. The van der Waals surface area contributed by atoms with Crippen LogP contribution in [0.4, 0.5) is 39.5 Å². The van der Waals surface area contributed by atoms with Crippen molar-refractivity contribution in [2.24, 2.45) is 0 Å². The number of nitrogens with zero attached hydrogens (tertiary/aromatic N) is 3. The number of rotatable bonds is 23. The number of alkyl halides is 9. The lowest BCUT2D eigenvalue weighted by Gasteiger charge is -2.30. The fraction of sp³-hybridized carbons (Fsp3) is 0.562. The first-order valence-corrected chi connectivity index (χ1v) is 30.2. The van der Waals surface area contributed by atoms with Crippen LogP contribution in [-0.2, 0) is 98.6 Å². The lowest BCUT2D eigenvalue weighted by Crippen LogP contribution is -2.44. The van der Waals surface area contributed by atoms with Gasteiger partial charge in [0.1, 0.15) is 24.1 Å². The molecule has 3 aromatic carbocycles. The maximum atomic E-state index is 12.5. The van der Waals surface area contributed by atoms with Gasteiger partial charge in [0.15, 0.2) is 0 Å². The molecule has 0 spiro atoms. The molecule has 0 saturated carbocycles. The molecule has 3 fully saturated rings. The van der Waals surface area contributed by atoms with Gasteiger partial charge in [-0.05, 0) is 64.9 Å². The summed E-state index contributed by atoms with van der Waals surface area (Å²) in [4.78, 5) is 41.7. The van der Waals surface area contributed by atoms with Gasteiger partial charge in [-0.1, -0.05) is 36.4 Å². The number of thioether (sulfide) groups is 1. The zero-order valence-electron chi connectivity index (χ0n) is 43.6. The number of carbonyl (C=O) groups is 3. The van der Waals surface area contributed by atoms with E-state index in [1.54, 1.807) is 0 Å². The van der Waals surface area contributed by atoms with Crippen molar-refractivity contribution in [1.29, 1.82) is 0 Å². The highest BCUT2D eigenvalue weighted by Crippen LogP contribution is 2.37. The Hall–Kier alpha value is -4.92. The van der Waals surface area contributed by atoms with Gasteiger partial charge in [-0.3, -0.25) is 29.1 Å². The van der Waals surface area contributed by atoms with E-state index < -0.39 is 113 Å². The van der Waals surface area contributed by atoms with Crippen molar-refractivity contribution in [3.63, 3.8) is 0 Å². The fourth-order valence-corrected chi connectivity index (χ4v) is 10.3. The highest BCUT2D eigenvalue weighted by atomic mass is 32.2. The van der Waals surface area contributed by atoms with Crippen LogP contribution < -0.4 is 4.74 Å². The summed E-state index contributed by atoms with van der Waals surface area (Å²) in [6.07, 6.45) is -13.6. The van der Waals surface area contributed by atoms with Crippen LogP contribution in [-0.4, -0.2) is 218 Å². The largest absolute Gasteiger partial charge is 0.748 e. The highest BCUT2D eigenvalue weighted by molar-refractivity contribution is 8.00. The van der Waals surface area contributed by atoms with Gasteiger partial charge in [-0.25, -0.2) is 25.3 Å². The van der Waals surface area contributed by atoms with Crippen molar-refractivity contribution in [3.8, 4) is 5.75 Å². The Morgan fingerprint density at radius 2 is 0.771 bits per heavy atom. The molecule has 35 heteroatoms. The van der Waals surface area contributed by atoms with Gasteiger partial charge in [0.25, 0.3) is 0 Å². The fourth-order valence-electron chi connectivity index (χ4n) is 7.88. The van der Waals surface area contributed by atoms with E-state index in [1.807, 2.05) is 14.7 Å². The molecule has 0 N–H and O–H groups in total. The zero-order valence-corrected chi connectivity index (χ0v) is 46.9. The van der Waals surface area contributed by atoms with Crippen molar-refractivity contribution < 1.29 is 126 Å². The molecule has 22 nitrogen and oxygen atoms in total. The molecule has 468 valence electrons. The maximum Gasteiger partial charge on any atom is 0.573 e. The van der Waals surface area contributed by atoms with E-state index in [0.717, 1.165) is 36.4 Å². The second-order valence-corrected chi connectivity index (χ2v) is 23.8. The van der Waals surface area contributed by atoms with E-state index >= 15 is 0 Å². The maximum absolute atomic E-state index is 12.5. The van der Waals surface area contributed by atoms with Crippen molar-refractivity contribution in [2.45, 2.75) is 60.5 Å². The number of ether oxygens (including phenoxy) is 7. The first kappa shape index (κ1) is 70.6. The average molecular weight is 1280 g/mol. The zero-order chi connectivity index (χ0) is 61.7. The third-order valence-electron chi connectivity index (χ3n) is 11.4. The molecule has 0 bridgehead atoms. The summed E-state index contributed by atoms with van der Waals surface area (Å²) in [5.74, 6) is -5.41. The molecule has 3 aromatic rings. The SMILES string of the molecule is O=C(Cc1ccc(C(F)(F)F)cc1)OC(CN1CCOCC1)CS(=O)(=O)[O-].O=C(Cc1ccc(OC(F)(F)F)cc1)OC(CN1CCOCC1)CS(=O)(=O)[O-].O=C(Cc1ccc(SC(F)(F)F)cc1)OC(CN1CCOCC1)CS(=O)(=O)[O-]. The first-order chi connectivity index (χ1) is 38.5. The summed E-state index contributed by atoms with van der Waals surface area (Å²) in [6, 6.07) is 13.7. The van der Waals surface area contributed by atoms with Crippen molar-refractivity contribution in [1.82, 2.24) is 14.7 Å². The molecule has 6 rings (SSSR count). The molecule has 3 aliphatic heterocycles. The Bertz CT molecular complexity index is 2710. The van der Waals surface area contributed by atoms with E-state index in [2.05, 4.69) is 4.74 Å². The van der Waals surface area contributed by atoms with Gasteiger partial charge in [-0.2, -0.15) is 26.3 Å². The lowest BCUT2D eigenvalue weighted by atomic mass is 10.1. The number of esters is 3. The molecule has 0 radical (unpaired) electrons. The molecule has 0 aromatic heterocycles. The Balaban J connectivity index is 0.000000267. The van der Waals surface area contributed by atoms with Gasteiger partial charge in [0.2, 0.25) is 0 Å². The highest BCUT2D eigenvalue weighted by Gasteiger charge is 2.33. The number of hydrogen-bond donors (Lipinski definition) is 0. The summed E-state index contributed by atoms with van der Waals surface area (Å²) in [7, 11) is -13.9. The molecule has 3 heterocycles. The summed E-state index contributed by atoms with van der Waals surface area (Å²) < 4.78 is 245. The van der Waals surface area contributed by atoms with E-state index in [0.29, 0.717) is 90.0 Å². The van der Waals surface area contributed by atoms with Crippen molar-refractivity contribution in [2.75, 3.05) is 116 Å². The summed E-state index contributed by atoms with van der Waals surface area (Å²) in [5, 5.41) is 0. The molecule has 0 amide bonds. The summed E-state index contributed by atoms with van der Waals surface area (Å²) in [6.45, 7) is 5.94. The first-order valence-electron chi connectivity index (χ1n) is 24.7. The van der Waals surface area contributed by atoms with Crippen molar-refractivity contribution >= 4 is 60.0 Å². The van der Waals surface area contributed by atoms with E-state index in [-0.39, 0.29) is 61.1 Å². The second-order valence-electron chi connectivity index (χ2n) is 18.4. The van der Waals surface area contributed by atoms with Gasteiger partial charge in [0.05, 0.1) is 112 Å². The van der Waals surface area contributed by atoms with Crippen LogP contribution in [0.2, 0.25) is 0 Å². The molecule has 3 atom stereocenters. The molecule has 0 aliphatic carbocycles. The van der Waals surface area contributed by atoms with Gasteiger partial charge < -0.3 is 46.8 Å². The third kappa shape index (κ3) is 32.2. The monoisotopic (exact) mass is 1280 g/mol. The molecular formula is C48H57F9N3O19S4-3. The van der Waals surface area contributed by atoms with Crippen LogP contribution in [0.15, 0.2) is 77.7 Å².